The van der Waals surface area contributed by atoms with Crippen LogP contribution in [-0.4, -0.2) is 65.9 Å². The van der Waals surface area contributed by atoms with Gasteiger partial charge in [0.25, 0.3) is 11.8 Å². The molecule has 2 aliphatic rings. The van der Waals surface area contributed by atoms with Crippen LogP contribution in [0.25, 0.3) is 11.3 Å². The van der Waals surface area contributed by atoms with Gasteiger partial charge in [0, 0.05) is 54.4 Å². The highest BCUT2D eigenvalue weighted by atomic mass is 35.5. The van der Waals surface area contributed by atoms with E-state index in [-0.39, 0.29) is 18.2 Å². The van der Waals surface area contributed by atoms with E-state index in [1.54, 1.807) is 30.3 Å². The minimum Gasteiger partial charge on any atom is -0.481 e. The zero-order chi connectivity index (χ0) is 27.5. The highest BCUT2D eigenvalue weighted by molar-refractivity contribution is 6.38. The summed E-state index contributed by atoms with van der Waals surface area (Å²) in [4.78, 5) is 41.4. The van der Waals surface area contributed by atoms with Crippen molar-refractivity contribution in [2.75, 3.05) is 43.9 Å². The van der Waals surface area contributed by atoms with E-state index in [9.17, 15) is 14.4 Å². The first-order chi connectivity index (χ1) is 18.8. The number of aryl methyl sites for hydroxylation is 1. The van der Waals surface area contributed by atoms with Crippen LogP contribution in [0.4, 0.5) is 11.4 Å². The highest BCUT2D eigenvalue weighted by Gasteiger charge is 2.29. The number of fused-ring (bicyclic) bond motifs is 1. The predicted octanol–water partition coefficient (Wildman–Crippen LogP) is 4.68. The molecule has 9 heteroatoms. The van der Waals surface area contributed by atoms with Crippen molar-refractivity contribution >= 4 is 52.0 Å². The van der Waals surface area contributed by atoms with Crippen molar-refractivity contribution in [3.8, 4) is 0 Å². The molecule has 3 aromatic carbocycles. The lowest BCUT2D eigenvalue weighted by atomic mass is 9.97. The molecule has 1 fully saturated rings. The molecule has 1 saturated heterocycles. The average molecular weight is 545 g/mol. The van der Waals surface area contributed by atoms with Crippen molar-refractivity contribution in [1.82, 2.24) is 9.80 Å². The lowest BCUT2D eigenvalue weighted by molar-refractivity contribution is -0.137. The van der Waals surface area contributed by atoms with E-state index in [0.29, 0.717) is 58.3 Å². The molecular formula is C30H29ClN4O4. The van der Waals surface area contributed by atoms with Gasteiger partial charge in [-0.2, -0.15) is 0 Å². The van der Waals surface area contributed by atoms with E-state index in [4.69, 9.17) is 16.7 Å². The Bertz CT molecular complexity index is 1460. The van der Waals surface area contributed by atoms with Crippen molar-refractivity contribution < 1.29 is 19.5 Å². The summed E-state index contributed by atoms with van der Waals surface area (Å²) in [5.41, 5.74) is 5.26. The van der Waals surface area contributed by atoms with E-state index in [0.717, 1.165) is 24.2 Å². The topological polar surface area (TPSA) is 102 Å². The quantitative estimate of drug-likeness (QED) is 0.373. The summed E-state index contributed by atoms with van der Waals surface area (Å²) in [7, 11) is 2.05. The molecule has 8 nitrogen and oxygen atoms in total. The summed E-state index contributed by atoms with van der Waals surface area (Å²) in [6.45, 7) is 3.09. The number of nitrogens with one attached hydrogen (secondary N) is 2. The Morgan fingerprint density at radius 3 is 2.44 bits per heavy atom. The standard InChI is InChI=1S/C30H29ClN4O4/c1-34-13-15-35(16-14-34)30(39)20-6-9-23(10-7-20)32-28(21-4-2-3-19(17-21)5-12-26(36)37)27-24-11-8-22(31)18-25(24)33-29(27)38/h2-4,6-11,17-18,32H,5,12-16H2,1H3,(H,33,38)(H,36,37). The number of hydrogen-bond donors (Lipinski definition) is 3. The molecule has 5 rings (SSSR count). The molecule has 200 valence electrons. The molecule has 2 aliphatic heterocycles. The number of carbonyl (C=O) groups excluding carboxylic acids is 2. The van der Waals surface area contributed by atoms with Gasteiger partial charge in [0.1, 0.15) is 0 Å². The van der Waals surface area contributed by atoms with Gasteiger partial charge in [-0.15, -0.1) is 0 Å². The molecule has 2 heterocycles. The van der Waals surface area contributed by atoms with Gasteiger partial charge in [-0.05, 0) is 67.1 Å². The van der Waals surface area contributed by atoms with Crippen LogP contribution in [0.15, 0.2) is 66.7 Å². The number of aliphatic carboxylic acids is 1. The number of likely N-dealkylation sites (N-methyl/N-ethyl adjacent to an activating group) is 1. The van der Waals surface area contributed by atoms with E-state index >= 15 is 0 Å². The van der Waals surface area contributed by atoms with Gasteiger partial charge in [-0.3, -0.25) is 14.4 Å². The van der Waals surface area contributed by atoms with E-state index in [2.05, 4.69) is 15.5 Å². The van der Waals surface area contributed by atoms with Crippen LogP contribution in [0.2, 0.25) is 5.02 Å². The van der Waals surface area contributed by atoms with Crippen molar-refractivity contribution in [2.24, 2.45) is 0 Å². The third-order valence-electron chi connectivity index (χ3n) is 7.01. The van der Waals surface area contributed by atoms with Crippen LogP contribution in [0.5, 0.6) is 0 Å². The summed E-state index contributed by atoms with van der Waals surface area (Å²) >= 11 is 6.17. The third-order valence-corrected chi connectivity index (χ3v) is 7.25. The second kappa shape index (κ2) is 11.3. The number of carboxylic acid groups (broad SMARTS) is 1. The maximum Gasteiger partial charge on any atom is 0.303 e. The van der Waals surface area contributed by atoms with Crippen molar-refractivity contribution in [3.05, 3.63) is 94.0 Å². The zero-order valence-corrected chi connectivity index (χ0v) is 22.3. The number of hydrogen-bond acceptors (Lipinski definition) is 5. The molecule has 0 spiro atoms. The fourth-order valence-corrected chi connectivity index (χ4v) is 5.01. The first kappa shape index (κ1) is 26.5. The van der Waals surface area contributed by atoms with Crippen LogP contribution in [0.3, 0.4) is 0 Å². The van der Waals surface area contributed by atoms with Crippen LogP contribution in [-0.2, 0) is 16.0 Å². The normalized spacial score (nSPS) is 16.5. The summed E-state index contributed by atoms with van der Waals surface area (Å²) in [6.07, 6.45) is 0.376. The Kier molecular flexibility index (Phi) is 7.67. The van der Waals surface area contributed by atoms with Crippen molar-refractivity contribution in [3.63, 3.8) is 0 Å². The van der Waals surface area contributed by atoms with Gasteiger partial charge in [-0.25, -0.2) is 0 Å². The summed E-state index contributed by atoms with van der Waals surface area (Å²) in [6, 6.07) is 20.0. The van der Waals surface area contributed by atoms with Gasteiger partial charge < -0.3 is 25.5 Å². The van der Waals surface area contributed by atoms with Crippen molar-refractivity contribution in [2.45, 2.75) is 12.8 Å². The van der Waals surface area contributed by atoms with E-state index in [1.807, 2.05) is 48.3 Å². The molecule has 0 bridgehead atoms. The number of halogens is 1. The number of rotatable bonds is 7. The molecule has 3 aromatic rings. The second-order valence-corrected chi connectivity index (χ2v) is 10.2. The largest absolute Gasteiger partial charge is 0.481 e. The minimum absolute atomic E-state index is 0.000312. The molecule has 2 amide bonds. The lowest BCUT2D eigenvalue weighted by Crippen LogP contribution is -2.47. The number of anilines is 2. The Hall–Kier alpha value is -4.14. The minimum atomic E-state index is -0.871. The lowest BCUT2D eigenvalue weighted by Gasteiger charge is -2.32. The SMILES string of the molecule is CN1CCN(C(=O)c2ccc(NC(=C3C(=O)Nc4cc(Cl)ccc43)c3cccc(CCC(=O)O)c3)cc2)CC1. The van der Waals surface area contributed by atoms with Gasteiger partial charge in [-0.1, -0.05) is 35.9 Å². The molecule has 0 unspecified atom stereocenters. The molecule has 0 aromatic heterocycles. The van der Waals surface area contributed by atoms with Crippen molar-refractivity contribution in [1.29, 1.82) is 0 Å². The molecule has 0 saturated carbocycles. The number of amides is 2. The van der Waals surface area contributed by atoms with Crippen LogP contribution in [0.1, 0.15) is 33.5 Å². The van der Waals surface area contributed by atoms with Gasteiger partial charge in [0.15, 0.2) is 0 Å². The summed E-state index contributed by atoms with van der Waals surface area (Å²) in [5.74, 6) is -1.14. The maximum absolute atomic E-state index is 13.2. The molecular weight excluding hydrogens is 516 g/mol. The highest BCUT2D eigenvalue weighted by Crippen LogP contribution is 2.39. The predicted molar refractivity (Wildman–Crippen MR) is 153 cm³/mol. The smallest absolute Gasteiger partial charge is 0.303 e. The Labute approximate surface area is 231 Å². The Morgan fingerprint density at radius 2 is 1.72 bits per heavy atom. The molecule has 0 aliphatic carbocycles. The summed E-state index contributed by atoms with van der Waals surface area (Å²) in [5, 5.41) is 15.9. The van der Waals surface area contributed by atoms with Gasteiger partial charge in [0.2, 0.25) is 0 Å². The number of carbonyl (C=O) groups is 3. The fraction of sp³-hybridized carbons (Fsp3) is 0.233. The fourth-order valence-electron chi connectivity index (χ4n) is 4.84. The van der Waals surface area contributed by atoms with Crippen LogP contribution < -0.4 is 10.6 Å². The average Bonchev–Trinajstić information content (AvgIpc) is 3.25. The molecule has 39 heavy (non-hydrogen) atoms. The Balaban J connectivity index is 1.49. The summed E-state index contributed by atoms with van der Waals surface area (Å²) < 4.78 is 0. The van der Waals surface area contributed by atoms with Gasteiger partial charge >= 0.3 is 5.97 Å². The second-order valence-electron chi connectivity index (χ2n) is 9.79. The van der Waals surface area contributed by atoms with E-state index in [1.165, 1.54) is 0 Å². The monoisotopic (exact) mass is 544 g/mol. The number of carboxylic acids is 1. The van der Waals surface area contributed by atoms with E-state index < -0.39 is 5.97 Å². The molecule has 0 atom stereocenters. The molecule has 3 N–H and O–H groups in total. The number of nitrogens with zero attached hydrogens (tertiary/aromatic N) is 2. The molecule has 0 radical (unpaired) electrons. The number of piperazine rings is 1. The third kappa shape index (κ3) is 5.97. The number of benzene rings is 3. The van der Waals surface area contributed by atoms with Crippen LogP contribution in [0, 0.1) is 0 Å². The first-order valence-corrected chi connectivity index (χ1v) is 13.2. The maximum atomic E-state index is 13.2. The zero-order valence-electron chi connectivity index (χ0n) is 21.5. The van der Waals surface area contributed by atoms with Gasteiger partial charge in [0.05, 0.1) is 17.0 Å². The van der Waals surface area contributed by atoms with Crippen LogP contribution >= 0.6 is 11.6 Å². The first-order valence-electron chi connectivity index (χ1n) is 12.8. The Morgan fingerprint density at radius 1 is 0.974 bits per heavy atom.